The highest BCUT2D eigenvalue weighted by Crippen LogP contribution is 2.19. The van der Waals surface area contributed by atoms with E-state index in [1.54, 1.807) is 6.07 Å². The fraction of sp³-hybridized carbons (Fsp3) is 0.421. The van der Waals surface area contributed by atoms with Crippen molar-refractivity contribution < 1.29 is 14.1 Å². The summed E-state index contributed by atoms with van der Waals surface area (Å²) < 4.78 is 5.22. The Morgan fingerprint density at radius 3 is 2.58 bits per heavy atom. The third-order valence-electron chi connectivity index (χ3n) is 4.60. The molecule has 1 aliphatic heterocycles. The third-order valence-corrected chi connectivity index (χ3v) is 4.60. The number of nitrogens with zero attached hydrogens (tertiary/aromatic N) is 3. The Balaban J connectivity index is 1.44. The Morgan fingerprint density at radius 2 is 1.88 bits per heavy atom. The van der Waals surface area contributed by atoms with Gasteiger partial charge in [-0.2, -0.15) is 0 Å². The van der Waals surface area contributed by atoms with Crippen LogP contribution < -0.4 is 5.32 Å². The van der Waals surface area contributed by atoms with Crippen molar-refractivity contribution in [1.82, 2.24) is 20.3 Å². The zero-order valence-electron chi connectivity index (χ0n) is 15.0. The summed E-state index contributed by atoms with van der Waals surface area (Å²) in [5, 5.41) is 6.54. The van der Waals surface area contributed by atoms with E-state index in [1.165, 1.54) is 0 Å². The Kier molecular flexibility index (Phi) is 6.01. The van der Waals surface area contributed by atoms with Crippen molar-refractivity contribution in [2.24, 2.45) is 0 Å². The minimum Gasteiger partial charge on any atom is -0.355 e. The van der Waals surface area contributed by atoms with Gasteiger partial charge in [0.05, 0.1) is 0 Å². The van der Waals surface area contributed by atoms with Gasteiger partial charge in [-0.15, -0.1) is 0 Å². The van der Waals surface area contributed by atoms with Crippen LogP contribution in [0.3, 0.4) is 0 Å². The molecule has 2 amide bonds. The van der Waals surface area contributed by atoms with Crippen LogP contribution in [0.5, 0.6) is 0 Å². The zero-order chi connectivity index (χ0) is 18.4. The standard InChI is InChI=1S/C19H24N4O3/c1-2-22-10-12-23(13-11-22)18(24)8-9-20-19(25)16-14-17(26-21-16)15-6-4-3-5-7-15/h3-7,14H,2,8-13H2,1H3,(H,20,25). The monoisotopic (exact) mass is 356 g/mol. The summed E-state index contributed by atoms with van der Waals surface area (Å²) in [5.74, 6) is 0.284. The molecule has 0 atom stereocenters. The summed E-state index contributed by atoms with van der Waals surface area (Å²) in [6.07, 6.45) is 0.293. The van der Waals surface area contributed by atoms with E-state index in [0.717, 1.165) is 38.3 Å². The molecule has 2 heterocycles. The maximum Gasteiger partial charge on any atom is 0.273 e. The lowest BCUT2D eigenvalue weighted by molar-refractivity contribution is -0.132. The summed E-state index contributed by atoms with van der Waals surface area (Å²) in [5.41, 5.74) is 1.08. The number of carbonyl (C=O) groups excluding carboxylic acids is 2. The fourth-order valence-corrected chi connectivity index (χ4v) is 2.97. The molecule has 1 aromatic carbocycles. The molecule has 1 N–H and O–H groups in total. The van der Waals surface area contributed by atoms with Crippen LogP contribution in [0.2, 0.25) is 0 Å². The van der Waals surface area contributed by atoms with Gasteiger partial charge in [0, 0.05) is 50.8 Å². The first-order valence-corrected chi connectivity index (χ1v) is 8.98. The Labute approximate surface area is 152 Å². The SMILES string of the molecule is CCN1CCN(C(=O)CCNC(=O)c2cc(-c3ccccc3)on2)CC1. The van der Waals surface area contributed by atoms with Crippen molar-refractivity contribution in [3.8, 4) is 11.3 Å². The molecule has 26 heavy (non-hydrogen) atoms. The summed E-state index contributed by atoms with van der Waals surface area (Å²) in [7, 11) is 0. The van der Waals surface area contributed by atoms with Crippen LogP contribution in [0.4, 0.5) is 0 Å². The lowest BCUT2D eigenvalue weighted by Gasteiger charge is -2.34. The number of aromatic nitrogens is 1. The summed E-state index contributed by atoms with van der Waals surface area (Å²) in [6, 6.07) is 11.1. The Bertz CT molecular complexity index is 736. The molecule has 3 rings (SSSR count). The molecular formula is C19H24N4O3. The molecule has 0 unspecified atom stereocenters. The highest BCUT2D eigenvalue weighted by atomic mass is 16.5. The average molecular weight is 356 g/mol. The van der Waals surface area contributed by atoms with Crippen molar-refractivity contribution in [2.45, 2.75) is 13.3 Å². The molecule has 0 spiro atoms. The van der Waals surface area contributed by atoms with Crippen molar-refractivity contribution in [2.75, 3.05) is 39.3 Å². The van der Waals surface area contributed by atoms with Crippen molar-refractivity contribution >= 4 is 11.8 Å². The van der Waals surface area contributed by atoms with E-state index in [-0.39, 0.29) is 17.5 Å². The molecule has 1 aliphatic rings. The predicted octanol–water partition coefficient (Wildman–Crippen LogP) is 1.63. The molecule has 7 heteroatoms. The zero-order valence-corrected chi connectivity index (χ0v) is 15.0. The number of benzene rings is 1. The third kappa shape index (κ3) is 4.49. The normalized spacial score (nSPS) is 15.0. The number of likely N-dealkylation sites (N-methyl/N-ethyl adjacent to an activating group) is 1. The van der Waals surface area contributed by atoms with E-state index in [0.29, 0.717) is 18.7 Å². The fourth-order valence-electron chi connectivity index (χ4n) is 2.97. The molecule has 0 bridgehead atoms. The Morgan fingerprint density at radius 1 is 1.15 bits per heavy atom. The first kappa shape index (κ1) is 18.1. The molecule has 1 saturated heterocycles. The second kappa shape index (κ2) is 8.62. The second-order valence-corrected chi connectivity index (χ2v) is 6.26. The van der Waals surface area contributed by atoms with Crippen molar-refractivity contribution in [3.63, 3.8) is 0 Å². The molecule has 0 saturated carbocycles. The first-order chi connectivity index (χ1) is 12.7. The first-order valence-electron chi connectivity index (χ1n) is 8.98. The average Bonchev–Trinajstić information content (AvgIpc) is 3.19. The van der Waals surface area contributed by atoms with Gasteiger partial charge in [0.2, 0.25) is 5.91 Å². The van der Waals surface area contributed by atoms with E-state index >= 15 is 0 Å². The van der Waals surface area contributed by atoms with Gasteiger partial charge in [0.25, 0.3) is 5.91 Å². The second-order valence-electron chi connectivity index (χ2n) is 6.26. The molecule has 1 aromatic heterocycles. The lowest BCUT2D eigenvalue weighted by Crippen LogP contribution is -2.49. The molecule has 0 aliphatic carbocycles. The highest BCUT2D eigenvalue weighted by molar-refractivity contribution is 5.93. The molecule has 7 nitrogen and oxygen atoms in total. The van der Waals surface area contributed by atoms with Crippen LogP contribution in [0, 0.1) is 0 Å². The van der Waals surface area contributed by atoms with Crippen LogP contribution >= 0.6 is 0 Å². The van der Waals surface area contributed by atoms with Gasteiger partial charge in [0.15, 0.2) is 11.5 Å². The Hall–Kier alpha value is -2.67. The van der Waals surface area contributed by atoms with E-state index in [2.05, 4.69) is 22.3 Å². The minimum atomic E-state index is -0.334. The molecule has 2 aromatic rings. The van der Waals surface area contributed by atoms with Gasteiger partial charge in [-0.1, -0.05) is 42.4 Å². The summed E-state index contributed by atoms with van der Waals surface area (Å²) in [4.78, 5) is 28.6. The van der Waals surface area contributed by atoms with Crippen molar-refractivity contribution in [1.29, 1.82) is 0 Å². The largest absolute Gasteiger partial charge is 0.355 e. The van der Waals surface area contributed by atoms with Crippen LogP contribution in [0.25, 0.3) is 11.3 Å². The van der Waals surface area contributed by atoms with Gasteiger partial charge >= 0.3 is 0 Å². The summed E-state index contributed by atoms with van der Waals surface area (Å²) >= 11 is 0. The van der Waals surface area contributed by atoms with Gasteiger partial charge < -0.3 is 19.6 Å². The lowest BCUT2D eigenvalue weighted by atomic mass is 10.1. The number of piperazine rings is 1. The van der Waals surface area contributed by atoms with Gasteiger partial charge in [-0.25, -0.2) is 0 Å². The number of rotatable bonds is 6. The molecular weight excluding hydrogens is 332 g/mol. The predicted molar refractivity (Wildman–Crippen MR) is 97.6 cm³/mol. The van der Waals surface area contributed by atoms with Crippen LogP contribution in [0.1, 0.15) is 23.8 Å². The van der Waals surface area contributed by atoms with E-state index in [1.807, 2.05) is 35.2 Å². The number of carbonyl (C=O) groups is 2. The number of hydrogen-bond donors (Lipinski definition) is 1. The van der Waals surface area contributed by atoms with Gasteiger partial charge in [-0.05, 0) is 6.54 Å². The van der Waals surface area contributed by atoms with Crippen molar-refractivity contribution in [3.05, 3.63) is 42.1 Å². The molecule has 1 fully saturated rings. The van der Waals surface area contributed by atoms with E-state index < -0.39 is 0 Å². The van der Waals surface area contributed by atoms with E-state index in [9.17, 15) is 9.59 Å². The van der Waals surface area contributed by atoms with Crippen LogP contribution in [-0.4, -0.2) is 66.0 Å². The maximum absolute atomic E-state index is 12.2. The van der Waals surface area contributed by atoms with Gasteiger partial charge in [0.1, 0.15) is 0 Å². The van der Waals surface area contributed by atoms with E-state index in [4.69, 9.17) is 4.52 Å². The minimum absolute atomic E-state index is 0.0752. The topological polar surface area (TPSA) is 78.7 Å². The van der Waals surface area contributed by atoms with Gasteiger partial charge in [-0.3, -0.25) is 9.59 Å². The highest BCUT2D eigenvalue weighted by Gasteiger charge is 2.20. The summed E-state index contributed by atoms with van der Waals surface area (Å²) in [6.45, 7) is 6.76. The van der Waals surface area contributed by atoms with Crippen LogP contribution in [0.15, 0.2) is 40.9 Å². The number of nitrogens with one attached hydrogen (secondary N) is 1. The molecule has 0 radical (unpaired) electrons. The van der Waals surface area contributed by atoms with Crippen LogP contribution in [-0.2, 0) is 4.79 Å². The molecule has 138 valence electrons. The quantitative estimate of drug-likeness (QED) is 0.851. The number of hydrogen-bond acceptors (Lipinski definition) is 5. The number of amides is 2. The smallest absolute Gasteiger partial charge is 0.273 e. The maximum atomic E-state index is 12.2.